The van der Waals surface area contributed by atoms with E-state index in [9.17, 15) is 4.79 Å². The van der Waals surface area contributed by atoms with E-state index in [4.69, 9.17) is 0 Å². The number of amides is 1. The van der Waals surface area contributed by atoms with Crippen LogP contribution < -0.4 is 5.43 Å². The highest BCUT2D eigenvalue weighted by molar-refractivity contribution is 5.82. The number of carbonyl (C=O) groups excluding carboxylic acids is 1. The van der Waals surface area contributed by atoms with Crippen LogP contribution in [0.4, 0.5) is 0 Å². The summed E-state index contributed by atoms with van der Waals surface area (Å²) in [5.74, 6) is -0.278. The SMILES string of the molecule is Cc1cccc(C=NNC(=O)Cn2nnc3ccccc32)n1. The zero-order valence-corrected chi connectivity index (χ0v) is 12.0. The van der Waals surface area contributed by atoms with Gasteiger partial charge in [0, 0.05) is 5.69 Å². The van der Waals surface area contributed by atoms with Crippen molar-refractivity contribution < 1.29 is 4.79 Å². The van der Waals surface area contributed by atoms with E-state index in [1.165, 1.54) is 10.9 Å². The van der Waals surface area contributed by atoms with Crippen LogP contribution in [0, 0.1) is 6.92 Å². The number of hydrogen-bond donors (Lipinski definition) is 1. The molecule has 0 aliphatic heterocycles. The number of aromatic nitrogens is 4. The average Bonchev–Trinajstić information content (AvgIpc) is 2.91. The minimum atomic E-state index is -0.278. The number of hydrogen-bond acceptors (Lipinski definition) is 5. The number of nitrogens with one attached hydrogen (secondary N) is 1. The summed E-state index contributed by atoms with van der Waals surface area (Å²) in [6.45, 7) is 1.95. The Labute approximate surface area is 126 Å². The van der Waals surface area contributed by atoms with Gasteiger partial charge < -0.3 is 0 Å². The Morgan fingerprint density at radius 2 is 2.14 bits per heavy atom. The molecule has 0 atom stereocenters. The summed E-state index contributed by atoms with van der Waals surface area (Å²) >= 11 is 0. The molecule has 0 aliphatic carbocycles. The largest absolute Gasteiger partial charge is 0.271 e. The van der Waals surface area contributed by atoms with Crippen LogP contribution in [0.1, 0.15) is 11.4 Å². The van der Waals surface area contributed by atoms with Crippen molar-refractivity contribution in [3.63, 3.8) is 0 Å². The second-order valence-corrected chi connectivity index (χ2v) is 4.73. The lowest BCUT2D eigenvalue weighted by Crippen LogP contribution is -2.23. The topological polar surface area (TPSA) is 85.1 Å². The van der Waals surface area contributed by atoms with Gasteiger partial charge in [-0.2, -0.15) is 5.10 Å². The van der Waals surface area contributed by atoms with Crippen molar-refractivity contribution in [2.24, 2.45) is 5.10 Å². The molecule has 3 rings (SSSR count). The van der Waals surface area contributed by atoms with Gasteiger partial charge in [0.1, 0.15) is 12.1 Å². The Bertz CT molecular complexity index is 839. The fourth-order valence-electron chi connectivity index (χ4n) is 2.01. The van der Waals surface area contributed by atoms with Gasteiger partial charge in [0.2, 0.25) is 0 Å². The molecule has 0 aliphatic rings. The first kappa shape index (κ1) is 13.9. The van der Waals surface area contributed by atoms with E-state index in [1.54, 1.807) is 0 Å². The molecule has 0 radical (unpaired) electrons. The predicted octanol–water partition coefficient (Wildman–Crippen LogP) is 1.29. The van der Waals surface area contributed by atoms with Crippen LogP contribution >= 0.6 is 0 Å². The fraction of sp³-hybridized carbons (Fsp3) is 0.133. The molecule has 1 aromatic carbocycles. The minimum Gasteiger partial charge on any atom is -0.271 e. The average molecular weight is 294 g/mol. The summed E-state index contributed by atoms with van der Waals surface area (Å²) in [5.41, 5.74) is 5.59. The van der Waals surface area contributed by atoms with Crippen LogP contribution in [0.3, 0.4) is 0 Å². The molecule has 0 unspecified atom stereocenters. The predicted molar refractivity (Wildman–Crippen MR) is 82.2 cm³/mol. The number of aryl methyl sites for hydroxylation is 1. The van der Waals surface area contributed by atoms with Crippen LogP contribution in [0.5, 0.6) is 0 Å². The van der Waals surface area contributed by atoms with Gasteiger partial charge >= 0.3 is 0 Å². The number of fused-ring (bicyclic) bond motifs is 1. The highest BCUT2D eigenvalue weighted by atomic mass is 16.2. The van der Waals surface area contributed by atoms with Crippen molar-refractivity contribution >= 4 is 23.2 Å². The van der Waals surface area contributed by atoms with Gasteiger partial charge in [-0.05, 0) is 31.2 Å². The Hall–Kier alpha value is -3.09. The van der Waals surface area contributed by atoms with Gasteiger partial charge in [0.15, 0.2) is 0 Å². The zero-order valence-electron chi connectivity index (χ0n) is 12.0. The van der Waals surface area contributed by atoms with Crippen molar-refractivity contribution in [2.45, 2.75) is 13.5 Å². The van der Waals surface area contributed by atoms with Crippen LogP contribution in [0.15, 0.2) is 47.6 Å². The first-order valence-corrected chi connectivity index (χ1v) is 6.76. The third-order valence-electron chi connectivity index (χ3n) is 3.01. The van der Waals surface area contributed by atoms with Gasteiger partial charge in [-0.1, -0.05) is 23.4 Å². The molecule has 1 amide bonds. The normalized spacial score (nSPS) is 11.1. The van der Waals surface area contributed by atoms with E-state index in [0.717, 1.165) is 16.7 Å². The number of pyridine rings is 1. The first-order chi connectivity index (χ1) is 10.7. The third kappa shape index (κ3) is 3.14. The Kier molecular flexibility index (Phi) is 3.86. The molecular weight excluding hydrogens is 280 g/mol. The molecule has 110 valence electrons. The monoisotopic (exact) mass is 294 g/mol. The van der Waals surface area contributed by atoms with Crippen molar-refractivity contribution in [3.05, 3.63) is 53.9 Å². The number of para-hydroxylation sites is 1. The molecule has 2 aromatic heterocycles. The fourth-order valence-corrected chi connectivity index (χ4v) is 2.01. The molecule has 7 heteroatoms. The summed E-state index contributed by atoms with van der Waals surface area (Å²) in [6, 6.07) is 13.1. The van der Waals surface area contributed by atoms with E-state index in [-0.39, 0.29) is 12.5 Å². The van der Waals surface area contributed by atoms with Crippen molar-refractivity contribution in [1.82, 2.24) is 25.4 Å². The lowest BCUT2D eigenvalue weighted by atomic mass is 10.3. The quantitative estimate of drug-likeness (QED) is 0.580. The van der Waals surface area contributed by atoms with E-state index in [0.29, 0.717) is 5.69 Å². The van der Waals surface area contributed by atoms with E-state index in [2.05, 4.69) is 25.8 Å². The van der Waals surface area contributed by atoms with Gasteiger partial charge in [-0.3, -0.25) is 9.78 Å². The van der Waals surface area contributed by atoms with E-state index < -0.39 is 0 Å². The molecule has 0 fully saturated rings. The third-order valence-corrected chi connectivity index (χ3v) is 3.01. The Morgan fingerprint density at radius 1 is 1.27 bits per heavy atom. The number of rotatable bonds is 4. The van der Waals surface area contributed by atoms with Crippen LogP contribution in [-0.2, 0) is 11.3 Å². The van der Waals surface area contributed by atoms with Gasteiger partial charge in [0.05, 0.1) is 17.4 Å². The molecule has 3 aromatic rings. The second kappa shape index (κ2) is 6.13. The molecule has 0 saturated heterocycles. The summed E-state index contributed by atoms with van der Waals surface area (Å²) < 4.78 is 1.53. The maximum Gasteiger partial charge on any atom is 0.261 e. The Balaban J connectivity index is 1.63. The molecule has 22 heavy (non-hydrogen) atoms. The van der Waals surface area contributed by atoms with Gasteiger partial charge in [-0.25, -0.2) is 10.1 Å². The molecule has 0 spiro atoms. The lowest BCUT2D eigenvalue weighted by Gasteiger charge is -2.01. The van der Waals surface area contributed by atoms with Crippen LogP contribution in [0.25, 0.3) is 11.0 Å². The molecule has 1 N–H and O–H groups in total. The second-order valence-electron chi connectivity index (χ2n) is 4.73. The highest BCUT2D eigenvalue weighted by Gasteiger charge is 2.07. The van der Waals surface area contributed by atoms with Crippen molar-refractivity contribution in [3.8, 4) is 0 Å². The summed E-state index contributed by atoms with van der Waals surface area (Å²) in [6.07, 6.45) is 1.50. The summed E-state index contributed by atoms with van der Waals surface area (Å²) in [7, 11) is 0. The van der Waals surface area contributed by atoms with Crippen molar-refractivity contribution in [2.75, 3.05) is 0 Å². The number of hydrazone groups is 1. The number of carbonyl (C=O) groups is 1. The number of nitrogens with zero attached hydrogens (tertiary/aromatic N) is 5. The van der Waals surface area contributed by atoms with Gasteiger partial charge in [0.25, 0.3) is 5.91 Å². The molecule has 0 bridgehead atoms. The molecule has 7 nitrogen and oxygen atoms in total. The van der Waals surface area contributed by atoms with Crippen LogP contribution in [-0.4, -0.2) is 32.1 Å². The standard InChI is InChI=1S/C15H14N6O/c1-11-5-4-6-12(17-11)9-16-19-15(22)10-21-14-8-3-2-7-13(14)18-20-21/h2-9H,10H2,1H3,(H,19,22). The highest BCUT2D eigenvalue weighted by Crippen LogP contribution is 2.09. The molecule has 0 saturated carbocycles. The van der Waals surface area contributed by atoms with E-state index in [1.807, 2.05) is 49.4 Å². The van der Waals surface area contributed by atoms with E-state index >= 15 is 0 Å². The smallest absolute Gasteiger partial charge is 0.261 e. The van der Waals surface area contributed by atoms with Crippen molar-refractivity contribution in [1.29, 1.82) is 0 Å². The maximum absolute atomic E-state index is 11.9. The molecule has 2 heterocycles. The summed E-state index contributed by atoms with van der Waals surface area (Å²) in [5, 5.41) is 11.8. The first-order valence-electron chi connectivity index (χ1n) is 6.76. The zero-order chi connectivity index (χ0) is 15.4. The number of benzene rings is 1. The van der Waals surface area contributed by atoms with Crippen LogP contribution in [0.2, 0.25) is 0 Å². The molecular formula is C15H14N6O. The lowest BCUT2D eigenvalue weighted by molar-refractivity contribution is -0.121. The maximum atomic E-state index is 11.9. The minimum absolute atomic E-state index is 0.0547. The summed E-state index contributed by atoms with van der Waals surface area (Å²) in [4.78, 5) is 16.1. The Morgan fingerprint density at radius 3 is 3.00 bits per heavy atom. The van der Waals surface area contributed by atoms with Gasteiger partial charge in [-0.15, -0.1) is 5.10 Å².